The maximum atomic E-state index is 6.26. The van der Waals surface area contributed by atoms with E-state index in [2.05, 4.69) is 61.8 Å². The third kappa shape index (κ3) is 2.12. The van der Waals surface area contributed by atoms with E-state index in [4.69, 9.17) is 4.74 Å². The van der Waals surface area contributed by atoms with E-state index in [1.165, 1.54) is 11.1 Å². The Labute approximate surface area is 113 Å². The minimum absolute atomic E-state index is 0.273. The minimum Gasteiger partial charge on any atom is -0.489 e. The predicted molar refractivity (Wildman–Crippen MR) is 76.1 cm³/mol. The molecule has 0 spiro atoms. The van der Waals surface area contributed by atoms with Gasteiger partial charge in [0.15, 0.2) is 0 Å². The second-order valence-corrected chi connectivity index (χ2v) is 6.50. The lowest BCUT2D eigenvalue weighted by atomic mass is 9.65. The molecule has 0 aliphatic heterocycles. The first kappa shape index (κ1) is 12.9. The fraction of sp³-hybridized carbons (Fsp3) is 0.600. The Bertz CT molecular complexity index is 395. The summed E-state index contributed by atoms with van der Waals surface area (Å²) in [5.41, 5.74) is 2.75. The first-order valence-corrected chi connectivity index (χ1v) is 7.27. The molecule has 3 unspecified atom stereocenters. The summed E-state index contributed by atoms with van der Waals surface area (Å²) in [6, 6.07) is 6.33. The van der Waals surface area contributed by atoms with Crippen molar-refractivity contribution in [3.8, 4) is 5.75 Å². The van der Waals surface area contributed by atoms with Crippen LogP contribution in [0.4, 0.5) is 0 Å². The van der Waals surface area contributed by atoms with Gasteiger partial charge in [0, 0.05) is 10.2 Å². The molecule has 0 heterocycles. The molecule has 0 bridgehead atoms. The van der Waals surface area contributed by atoms with Gasteiger partial charge in [-0.1, -0.05) is 48.0 Å². The summed E-state index contributed by atoms with van der Waals surface area (Å²) in [5, 5.41) is 0. The van der Waals surface area contributed by atoms with Crippen LogP contribution in [0, 0.1) is 19.3 Å². The number of benzene rings is 1. The van der Waals surface area contributed by atoms with Crippen LogP contribution in [0.2, 0.25) is 0 Å². The highest BCUT2D eigenvalue weighted by atomic mass is 79.9. The zero-order valence-corrected chi connectivity index (χ0v) is 12.7. The Balaban J connectivity index is 2.18. The van der Waals surface area contributed by atoms with Gasteiger partial charge in [-0.05, 0) is 37.8 Å². The van der Waals surface area contributed by atoms with E-state index in [0.717, 1.165) is 18.6 Å². The zero-order valence-electron chi connectivity index (χ0n) is 11.1. The average Bonchev–Trinajstić information content (AvgIpc) is 2.31. The molecular formula is C15H21BrO. The smallest absolute Gasteiger partial charge is 0.125 e. The Hall–Kier alpha value is -0.500. The lowest BCUT2D eigenvalue weighted by Gasteiger charge is -2.51. The maximum Gasteiger partial charge on any atom is 0.125 e. The molecule has 0 amide bonds. The van der Waals surface area contributed by atoms with E-state index < -0.39 is 0 Å². The molecule has 1 aliphatic carbocycles. The van der Waals surface area contributed by atoms with E-state index in [-0.39, 0.29) is 5.41 Å². The predicted octanol–water partition coefficient (Wildman–Crippen LogP) is 4.63. The molecule has 94 valence electrons. The normalized spacial score (nSPS) is 32.1. The van der Waals surface area contributed by atoms with Crippen LogP contribution < -0.4 is 4.74 Å². The lowest BCUT2D eigenvalue weighted by Crippen LogP contribution is -2.54. The first-order valence-electron chi connectivity index (χ1n) is 6.36. The third-order valence-electron chi connectivity index (χ3n) is 4.30. The van der Waals surface area contributed by atoms with Crippen molar-refractivity contribution in [1.82, 2.24) is 0 Å². The van der Waals surface area contributed by atoms with Gasteiger partial charge in [-0.3, -0.25) is 0 Å². The summed E-state index contributed by atoms with van der Waals surface area (Å²) >= 11 is 3.75. The van der Waals surface area contributed by atoms with Crippen LogP contribution in [0.5, 0.6) is 5.75 Å². The second kappa shape index (κ2) is 4.64. The van der Waals surface area contributed by atoms with Crippen molar-refractivity contribution in [2.75, 3.05) is 0 Å². The summed E-state index contributed by atoms with van der Waals surface area (Å²) in [4.78, 5) is 0.592. The van der Waals surface area contributed by atoms with Crippen LogP contribution in [0.3, 0.4) is 0 Å². The Kier molecular flexibility index (Phi) is 3.53. The summed E-state index contributed by atoms with van der Waals surface area (Å²) < 4.78 is 6.26. The topological polar surface area (TPSA) is 9.23 Å². The van der Waals surface area contributed by atoms with Crippen molar-refractivity contribution in [2.24, 2.45) is 5.41 Å². The molecule has 1 nitrogen and oxygen atoms in total. The van der Waals surface area contributed by atoms with Gasteiger partial charge >= 0.3 is 0 Å². The fourth-order valence-corrected chi connectivity index (χ4v) is 3.48. The van der Waals surface area contributed by atoms with Crippen LogP contribution in [-0.4, -0.2) is 10.9 Å². The third-order valence-corrected chi connectivity index (χ3v) is 5.72. The van der Waals surface area contributed by atoms with Crippen LogP contribution in [-0.2, 0) is 0 Å². The SMILES string of the molecule is CCC1(C)C(Br)CC1Oc1c(C)cccc1C. The highest BCUT2D eigenvalue weighted by Gasteiger charge is 2.51. The molecule has 1 aliphatic rings. The molecule has 17 heavy (non-hydrogen) atoms. The molecule has 1 aromatic rings. The van der Waals surface area contributed by atoms with Crippen molar-refractivity contribution in [1.29, 1.82) is 0 Å². The number of para-hydroxylation sites is 1. The number of aryl methyl sites for hydroxylation is 2. The molecule has 0 radical (unpaired) electrons. The van der Waals surface area contributed by atoms with Gasteiger partial charge in [0.25, 0.3) is 0 Å². The zero-order chi connectivity index (χ0) is 12.6. The van der Waals surface area contributed by atoms with E-state index in [0.29, 0.717) is 10.9 Å². The molecule has 1 aromatic carbocycles. The summed E-state index contributed by atoms with van der Waals surface area (Å²) in [6.07, 6.45) is 2.60. The first-order chi connectivity index (χ1) is 7.99. The van der Waals surface area contributed by atoms with Gasteiger partial charge in [-0.15, -0.1) is 0 Å². The number of alkyl halides is 1. The van der Waals surface area contributed by atoms with E-state index in [1.54, 1.807) is 0 Å². The van der Waals surface area contributed by atoms with Gasteiger partial charge in [-0.2, -0.15) is 0 Å². The monoisotopic (exact) mass is 296 g/mol. The minimum atomic E-state index is 0.273. The molecule has 1 fully saturated rings. The van der Waals surface area contributed by atoms with Crippen molar-refractivity contribution >= 4 is 15.9 Å². The number of halogens is 1. The number of hydrogen-bond acceptors (Lipinski definition) is 1. The molecule has 0 aromatic heterocycles. The van der Waals surface area contributed by atoms with Crippen LogP contribution in [0.1, 0.15) is 37.8 Å². The van der Waals surface area contributed by atoms with Gasteiger partial charge in [0.1, 0.15) is 11.9 Å². The Morgan fingerprint density at radius 2 is 1.94 bits per heavy atom. The number of ether oxygens (including phenoxy) is 1. The second-order valence-electron chi connectivity index (χ2n) is 5.39. The molecule has 3 atom stereocenters. The van der Waals surface area contributed by atoms with Gasteiger partial charge < -0.3 is 4.74 Å². The van der Waals surface area contributed by atoms with Gasteiger partial charge in [0.05, 0.1) is 0 Å². The quantitative estimate of drug-likeness (QED) is 0.739. The summed E-state index contributed by atoms with van der Waals surface area (Å²) in [6.45, 7) is 8.80. The van der Waals surface area contributed by atoms with Crippen molar-refractivity contribution in [3.05, 3.63) is 29.3 Å². The highest BCUT2D eigenvalue weighted by Crippen LogP contribution is 2.50. The molecule has 0 N–H and O–H groups in total. The molecule has 1 saturated carbocycles. The summed E-state index contributed by atoms with van der Waals surface area (Å²) in [5.74, 6) is 1.08. The largest absolute Gasteiger partial charge is 0.489 e. The van der Waals surface area contributed by atoms with Crippen molar-refractivity contribution < 1.29 is 4.74 Å². The number of rotatable bonds is 3. The average molecular weight is 297 g/mol. The van der Waals surface area contributed by atoms with Crippen LogP contribution >= 0.6 is 15.9 Å². The van der Waals surface area contributed by atoms with Crippen molar-refractivity contribution in [3.63, 3.8) is 0 Å². The molecule has 2 rings (SSSR count). The van der Waals surface area contributed by atoms with E-state index in [9.17, 15) is 0 Å². The van der Waals surface area contributed by atoms with Gasteiger partial charge in [0.2, 0.25) is 0 Å². The van der Waals surface area contributed by atoms with Gasteiger partial charge in [-0.25, -0.2) is 0 Å². The Morgan fingerprint density at radius 1 is 1.35 bits per heavy atom. The Morgan fingerprint density at radius 3 is 2.41 bits per heavy atom. The number of hydrogen-bond donors (Lipinski definition) is 0. The van der Waals surface area contributed by atoms with Crippen LogP contribution in [0.15, 0.2) is 18.2 Å². The summed E-state index contributed by atoms with van der Waals surface area (Å²) in [7, 11) is 0. The van der Waals surface area contributed by atoms with E-state index >= 15 is 0 Å². The van der Waals surface area contributed by atoms with E-state index in [1.807, 2.05) is 0 Å². The fourth-order valence-electron chi connectivity index (χ4n) is 2.53. The molecular weight excluding hydrogens is 276 g/mol. The molecule has 2 heteroatoms. The van der Waals surface area contributed by atoms with Crippen LogP contribution in [0.25, 0.3) is 0 Å². The standard InChI is InChI=1S/C15H21BrO/c1-5-15(4)12(16)9-13(15)17-14-10(2)7-6-8-11(14)3/h6-8,12-13H,5,9H2,1-4H3. The molecule has 0 saturated heterocycles. The van der Waals surface area contributed by atoms with Crippen molar-refractivity contribution in [2.45, 2.75) is 51.5 Å². The maximum absolute atomic E-state index is 6.26. The highest BCUT2D eigenvalue weighted by molar-refractivity contribution is 9.09. The lowest BCUT2D eigenvalue weighted by molar-refractivity contribution is -0.0251.